The molecule has 0 aliphatic carbocycles. The lowest BCUT2D eigenvalue weighted by atomic mass is 10.1. The molecule has 1 heterocycles. The molecule has 0 saturated heterocycles. The van der Waals surface area contributed by atoms with Gasteiger partial charge in [0.1, 0.15) is 5.58 Å². The van der Waals surface area contributed by atoms with E-state index in [2.05, 4.69) is 0 Å². The molecule has 4 aromatic rings. The topological polar surface area (TPSA) is 117 Å². The van der Waals surface area contributed by atoms with Gasteiger partial charge >= 0.3 is 5.97 Å². The number of rotatable bonds is 3. The van der Waals surface area contributed by atoms with Gasteiger partial charge in [0, 0.05) is 5.56 Å². The van der Waals surface area contributed by atoms with Crippen LogP contribution in [0.2, 0.25) is 0 Å². The zero-order chi connectivity index (χ0) is 20.5. The third-order valence-electron chi connectivity index (χ3n) is 4.29. The minimum Gasteiger partial charge on any atom is -0.504 e. The summed E-state index contributed by atoms with van der Waals surface area (Å²) in [6.45, 7) is 0. The SMILES string of the molecule is O=C(Oc1c(-c2ccccc2)oc2ccccc2c1=O)c1cc(O)c(O)c(O)c1. The van der Waals surface area contributed by atoms with Crippen molar-refractivity contribution in [3.8, 4) is 34.3 Å². The molecular formula is C22H14O7. The summed E-state index contributed by atoms with van der Waals surface area (Å²) >= 11 is 0. The van der Waals surface area contributed by atoms with Crippen molar-refractivity contribution in [1.29, 1.82) is 0 Å². The third kappa shape index (κ3) is 3.25. The Bertz CT molecular complexity index is 1270. The van der Waals surface area contributed by atoms with E-state index in [1.807, 2.05) is 0 Å². The molecule has 3 aromatic carbocycles. The number of hydrogen-bond acceptors (Lipinski definition) is 7. The van der Waals surface area contributed by atoms with Crippen molar-refractivity contribution in [2.24, 2.45) is 0 Å². The Kier molecular flexibility index (Phi) is 4.40. The van der Waals surface area contributed by atoms with E-state index in [0.717, 1.165) is 12.1 Å². The summed E-state index contributed by atoms with van der Waals surface area (Å²) in [6, 6.07) is 17.1. The molecule has 29 heavy (non-hydrogen) atoms. The summed E-state index contributed by atoms with van der Waals surface area (Å²) in [5.41, 5.74) is 0.0428. The van der Waals surface area contributed by atoms with Crippen LogP contribution >= 0.6 is 0 Å². The van der Waals surface area contributed by atoms with Gasteiger partial charge in [-0.05, 0) is 24.3 Å². The van der Waals surface area contributed by atoms with Crippen LogP contribution in [0.15, 0.2) is 75.9 Å². The van der Waals surface area contributed by atoms with E-state index in [9.17, 15) is 24.9 Å². The Balaban J connectivity index is 1.87. The van der Waals surface area contributed by atoms with E-state index in [4.69, 9.17) is 9.15 Å². The van der Waals surface area contributed by atoms with Crippen LogP contribution in [0.5, 0.6) is 23.0 Å². The van der Waals surface area contributed by atoms with Gasteiger partial charge in [0.25, 0.3) is 0 Å². The predicted octanol–water partition coefficient (Wildman–Crippen LogP) is 3.80. The Morgan fingerprint density at radius 2 is 1.48 bits per heavy atom. The Labute approximate surface area is 163 Å². The van der Waals surface area contributed by atoms with Crippen molar-refractivity contribution in [3.05, 3.63) is 82.5 Å². The Morgan fingerprint density at radius 3 is 2.17 bits per heavy atom. The average molecular weight is 390 g/mol. The highest BCUT2D eigenvalue weighted by molar-refractivity contribution is 5.94. The second-order valence-electron chi connectivity index (χ2n) is 6.20. The fourth-order valence-electron chi connectivity index (χ4n) is 2.87. The Morgan fingerprint density at radius 1 is 0.862 bits per heavy atom. The van der Waals surface area contributed by atoms with Crippen LogP contribution in [-0.4, -0.2) is 21.3 Å². The van der Waals surface area contributed by atoms with Crippen LogP contribution < -0.4 is 10.2 Å². The number of esters is 1. The van der Waals surface area contributed by atoms with Crippen LogP contribution in [-0.2, 0) is 0 Å². The molecule has 0 amide bonds. The van der Waals surface area contributed by atoms with Crippen molar-refractivity contribution in [1.82, 2.24) is 0 Å². The number of para-hydroxylation sites is 1. The number of hydrogen-bond donors (Lipinski definition) is 3. The van der Waals surface area contributed by atoms with Gasteiger partial charge in [-0.1, -0.05) is 42.5 Å². The van der Waals surface area contributed by atoms with Gasteiger partial charge in [-0.2, -0.15) is 0 Å². The molecule has 0 spiro atoms. The summed E-state index contributed by atoms with van der Waals surface area (Å²) < 4.78 is 11.2. The van der Waals surface area contributed by atoms with Crippen molar-refractivity contribution in [2.45, 2.75) is 0 Å². The number of phenols is 3. The van der Waals surface area contributed by atoms with Gasteiger partial charge in [-0.15, -0.1) is 0 Å². The van der Waals surface area contributed by atoms with Crippen LogP contribution in [0.3, 0.4) is 0 Å². The first-order chi connectivity index (χ1) is 14.0. The number of carbonyl (C=O) groups excluding carboxylic acids is 1. The maximum atomic E-state index is 13.0. The molecule has 4 rings (SSSR count). The molecule has 0 radical (unpaired) electrons. The predicted molar refractivity (Wildman–Crippen MR) is 104 cm³/mol. The molecule has 0 unspecified atom stereocenters. The standard InChI is InChI=1S/C22H14O7/c23-15-10-13(11-16(24)19(15)26)22(27)29-21-18(25)14-8-4-5-9-17(14)28-20(21)12-6-2-1-3-7-12/h1-11,23-24,26H. The average Bonchev–Trinajstić information content (AvgIpc) is 2.74. The highest BCUT2D eigenvalue weighted by atomic mass is 16.5. The van der Waals surface area contributed by atoms with Crippen LogP contribution in [0.4, 0.5) is 0 Å². The fourth-order valence-corrected chi connectivity index (χ4v) is 2.87. The monoisotopic (exact) mass is 390 g/mol. The minimum atomic E-state index is -1.02. The van der Waals surface area contributed by atoms with E-state index in [0.29, 0.717) is 11.1 Å². The van der Waals surface area contributed by atoms with Gasteiger partial charge in [-0.3, -0.25) is 4.79 Å². The Hall–Kier alpha value is -4.26. The smallest absolute Gasteiger partial charge is 0.344 e. The summed E-state index contributed by atoms with van der Waals surface area (Å²) in [4.78, 5) is 25.6. The fraction of sp³-hybridized carbons (Fsp3) is 0. The van der Waals surface area contributed by atoms with Gasteiger partial charge in [-0.25, -0.2) is 4.79 Å². The number of phenolic OH excluding ortho intramolecular Hbond substituents is 3. The summed E-state index contributed by atoms with van der Waals surface area (Å²) in [7, 11) is 0. The first-order valence-electron chi connectivity index (χ1n) is 8.54. The van der Waals surface area contributed by atoms with E-state index in [-0.39, 0.29) is 22.5 Å². The lowest BCUT2D eigenvalue weighted by Crippen LogP contribution is -2.16. The molecule has 144 valence electrons. The van der Waals surface area contributed by atoms with E-state index < -0.39 is 28.6 Å². The van der Waals surface area contributed by atoms with Crippen LogP contribution in [0.25, 0.3) is 22.3 Å². The molecule has 1 aromatic heterocycles. The van der Waals surface area contributed by atoms with Gasteiger partial charge in [0.15, 0.2) is 23.0 Å². The lowest BCUT2D eigenvalue weighted by Gasteiger charge is -2.11. The van der Waals surface area contributed by atoms with Crippen molar-refractivity contribution in [2.75, 3.05) is 0 Å². The normalized spacial score (nSPS) is 10.8. The number of benzene rings is 3. The number of carbonyl (C=O) groups is 1. The first-order valence-corrected chi connectivity index (χ1v) is 8.54. The molecule has 0 aliphatic rings. The molecule has 0 saturated carbocycles. The minimum absolute atomic E-state index is 0.0647. The van der Waals surface area contributed by atoms with Crippen molar-refractivity contribution >= 4 is 16.9 Å². The van der Waals surface area contributed by atoms with Crippen molar-refractivity contribution < 1.29 is 29.3 Å². The van der Waals surface area contributed by atoms with E-state index in [1.54, 1.807) is 54.6 Å². The molecule has 0 atom stereocenters. The molecular weight excluding hydrogens is 376 g/mol. The largest absolute Gasteiger partial charge is 0.504 e. The second kappa shape index (κ2) is 7.05. The second-order valence-corrected chi connectivity index (χ2v) is 6.20. The van der Waals surface area contributed by atoms with Crippen LogP contribution in [0, 0.1) is 0 Å². The molecule has 0 bridgehead atoms. The first kappa shape index (κ1) is 18.1. The molecule has 3 N–H and O–H groups in total. The van der Waals surface area contributed by atoms with E-state index >= 15 is 0 Å². The lowest BCUT2D eigenvalue weighted by molar-refractivity contribution is 0.0730. The van der Waals surface area contributed by atoms with Crippen molar-refractivity contribution in [3.63, 3.8) is 0 Å². The summed E-state index contributed by atoms with van der Waals surface area (Å²) in [5.74, 6) is -3.45. The maximum Gasteiger partial charge on any atom is 0.344 e. The third-order valence-corrected chi connectivity index (χ3v) is 4.29. The molecule has 0 fully saturated rings. The number of aromatic hydroxyl groups is 3. The number of fused-ring (bicyclic) bond motifs is 1. The summed E-state index contributed by atoms with van der Waals surface area (Å²) in [5, 5.41) is 28.9. The molecule has 0 aliphatic heterocycles. The highest BCUT2D eigenvalue weighted by Gasteiger charge is 2.22. The summed E-state index contributed by atoms with van der Waals surface area (Å²) in [6.07, 6.45) is 0. The number of ether oxygens (including phenoxy) is 1. The molecule has 7 nitrogen and oxygen atoms in total. The maximum absolute atomic E-state index is 13.0. The van der Waals surface area contributed by atoms with Gasteiger partial charge in [0.2, 0.25) is 11.2 Å². The van der Waals surface area contributed by atoms with Gasteiger partial charge in [0.05, 0.1) is 10.9 Å². The van der Waals surface area contributed by atoms with E-state index in [1.165, 1.54) is 0 Å². The molecule has 7 heteroatoms. The highest BCUT2D eigenvalue weighted by Crippen LogP contribution is 2.36. The quantitative estimate of drug-likeness (QED) is 0.360. The zero-order valence-corrected chi connectivity index (χ0v) is 14.8. The van der Waals surface area contributed by atoms with Gasteiger partial charge < -0.3 is 24.5 Å². The zero-order valence-electron chi connectivity index (χ0n) is 14.8. The van der Waals surface area contributed by atoms with Crippen LogP contribution in [0.1, 0.15) is 10.4 Å².